The van der Waals surface area contributed by atoms with Crippen LogP contribution in [0.3, 0.4) is 0 Å². The summed E-state index contributed by atoms with van der Waals surface area (Å²) >= 11 is 0. The third-order valence-corrected chi connectivity index (χ3v) is 8.63. The monoisotopic (exact) mass is 608 g/mol. The van der Waals surface area contributed by atoms with E-state index in [0.717, 1.165) is 0 Å². The summed E-state index contributed by atoms with van der Waals surface area (Å²) in [6, 6.07) is 0. The standard InChI is InChI=1S/C28H48O14/c1-12-22(30)27(35-8)23(31)28(39-12)42-26-15(4)38-21(11-18(26)34-7)41-25-14(3)37-20(10-17(25)33-6)40-24-13(2)36-19(29)9-16(24)32-5/h12-18,20-28,30-31H,9-11H2,1-8H3/t12-,13-,14-,15-,16+,17+,18+,20+,21+,22-,23-,24-,25-,26-,27-,28+/m1/s1. The molecule has 2 N–H and O–H groups in total. The summed E-state index contributed by atoms with van der Waals surface area (Å²) in [6.07, 6.45) is -9.41. The van der Waals surface area contributed by atoms with Crippen LogP contribution in [-0.4, -0.2) is 143 Å². The van der Waals surface area contributed by atoms with E-state index < -0.39 is 92.1 Å². The fourth-order valence-corrected chi connectivity index (χ4v) is 6.24. The highest BCUT2D eigenvalue weighted by Crippen LogP contribution is 2.34. The number of aliphatic hydroxyl groups is 2. The number of carbonyl (C=O) groups excluding carboxylic acids is 1. The van der Waals surface area contributed by atoms with E-state index in [-0.39, 0.29) is 18.5 Å². The Morgan fingerprint density at radius 2 is 1.10 bits per heavy atom. The Morgan fingerprint density at radius 3 is 1.60 bits per heavy atom. The van der Waals surface area contributed by atoms with Gasteiger partial charge < -0.3 is 62.3 Å². The first-order valence-electron chi connectivity index (χ1n) is 14.6. The fraction of sp³-hybridized carbons (Fsp3) is 0.964. The quantitative estimate of drug-likeness (QED) is 0.326. The van der Waals surface area contributed by atoms with Gasteiger partial charge in [-0.3, -0.25) is 4.79 Å². The van der Waals surface area contributed by atoms with E-state index in [1.807, 2.05) is 13.8 Å². The maximum absolute atomic E-state index is 11.8. The highest BCUT2D eigenvalue weighted by atomic mass is 16.8. The van der Waals surface area contributed by atoms with Gasteiger partial charge in [-0.15, -0.1) is 0 Å². The zero-order valence-electron chi connectivity index (χ0n) is 25.7. The summed E-state index contributed by atoms with van der Waals surface area (Å²) in [5, 5.41) is 21.0. The molecule has 0 bridgehead atoms. The van der Waals surface area contributed by atoms with Crippen molar-refractivity contribution in [3.8, 4) is 0 Å². The molecule has 0 aromatic carbocycles. The SMILES string of the molecule is CO[C@H]1[C@@H](O)[C@H](O[C@H]2[C@@H](OC)C[C@H](O[C@H]3[C@@H](OC)C[C@H](O[C@H]4[C@@H](OC)CC(=O)O[C@@H]4C)O[C@@H]3C)O[C@@H]2C)O[C@H](C)[C@H]1O. The van der Waals surface area contributed by atoms with Crippen molar-refractivity contribution in [2.75, 3.05) is 28.4 Å². The summed E-state index contributed by atoms with van der Waals surface area (Å²) in [5.74, 6) is -0.325. The second-order valence-electron chi connectivity index (χ2n) is 11.4. The number of esters is 1. The van der Waals surface area contributed by atoms with Gasteiger partial charge in [-0.25, -0.2) is 0 Å². The Morgan fingerprint density at radius 1 is 0.595 bits per heavy atom. The van der Waals surface area contributed by atoms with Crippen LogP contribution < -0.4 is 0 Å². The lowest BCUT2D eigenvalue weighted by Crippen LogP contribution is -2.61. The van der Waals surface area contributed by atoms with Gasteiger partial charge in [0.05, 0.1) is 43.0 Å². The summed E-state index contributed by atoms with van der Waals surface area (Å²) in [4.78, 5) is 11.8. The van der Waals surface area contributed by atoms with Crippen LogP contribution in [0.2, 0.25) is 0 Å². The van der Waals surface area contributed by atoms with Crippen molar-refractivity contribution in [2.24, 2.45) is 0 Å². The van der Waals surface area contributed by atoms with Crippen molar-refractivity contribution >= 4 is 5.97 Å². The largest absolute Gasteiger partial charge is 0.460 e. The third kappa shape index (κ3) is 7.44. The average molecular weight is 609 g/mol. The summed E-state index contributed by atoms with van der Waals surface area (Å²) in [5.41, 5.74) is 0. The number of hydrogen-bond acceptors (Lipinski definition) is 14. The second-order valence-corrected chi connectivity index (χ2v) is 11.4. The van der Waals surface area contributed by atoms with Crippen LogP contribution in [0.5, 0.6) is 0 Å². The molecular weight excluding hydrogens is 560 g/mol. The van der Waals surface area contributed by atoms with Crippen LogP contribution in [0.15, 0.2) is 0 Å². The molecule has 0 radical (unpaired) electrons. The molecular formula is C28H48O14. The second kappa shape index (κ2) is 14.8. The Balaban J connectivity index is 1.35. The Hall–Kier alpha value is -1.01. The third-order valence-electron chi connectivity index (χ3n) is 8.63. The van der Waals surface area contributed by atoms with Gasteiger partial charge in [0.2, 0.25) is 0 Å². The number of carbonyl (C=O) groups is 1. The summed E-state index contributed by atoms with van der Waals surface area (Å²) in [7, 11) is 6.13. The van der Waals surface area contributed by atoms with E-state index in [9.17, 15) is 15.0 Å². The number of aliphatic hydroxyl groups excluding tert-OH is 2. The van der Waals surface area contributed by atoms with Gasteiger partial charge in [-0.05, 0) is 27.7 Å². The summed E-state index contributed by atoms with van der Waals surface area (Å²) in [6.45, 7) is 7.16. The van der Waals surface area contributed by atoms with E-state index in [0.29, 0.717) is 12.8 Å². The molecule has 0 aliphatic carbocycles. The van der Waals surface area contributed by atoms with Crippen molar-refractivity contribution in [1.29, 1.82) is 0 Å². The van der Waals surface area contributed by atoms with Gasteiger partial charge in [0, 0.05) is 41.3 Å². The maximum Gasteiger partial charge on any atom is 0.308 e. The van der Waals surface area contributed by atoms with Crippen molar-refractivity contribution in [3.05, 3.63) is 0 Å². The first kappa shape index (κ1) is 33.9. The molecule has 16 atom stereocenters. The molecule has 0 amide bonds. The normalized spacial score (nSPS) is 48.6. The van der Waals surface area contributed by atoms with E-state index in [1.165, 1.54) is 14.2 Å². The minimum Gasteiger partial charge on any atom is -0.460 e. The number of cyclic esters (lactones) is 1. The topological polar surface area (TPSA) is 159 Å². The molecule has 4 aliphatic rings. The van der Waals surface area contributed by atoms with E-state index in [1.54, 1.807) is 28.1 Å². The lowest BCUT2D eigenvalue weighted by atomic mass is 9.98. The predicted octanol–water partition coefficient (Wildman–Crippen LogP) is 0.274. The van der Waals surface area contributed by atoms with Gasteiger partial charge in [0.1, 0.15) is 42.7 Å². The minimum atomic E-state index is -1.21. The van der Waals surface area contributed by atoms with Gasteiger partial charge in [0.25, 0.3) is 0 Å². The smallest absolute Gasteiger partial charge is 0.308 e. The molecule has 244 valence electrons. The zero-order valence-corrected chi connectivity index (χ0v) is 25.7. The van der Waals surface area contributed by atoms with E-state index in [2.05, 4.69) is 0 Å². The van der Waals surface area contributed by atoms with Crippen LogP contribution in [-0.2, 0) is 56.9 Å². The number of methoxy groups -OCH3 is 4. The highest BCUT2D eigenvalue weighted by Gasteiger charge is 2.49. The first-order chi connectivity index (χ1) is 20.0. The van der Waals surface area contributed by atoms with Crippen molar-refractivity contribution in [3.63, 3.8) is 0 Å². The highest BCUT2D eigenvalue weighted by molar-refractivity contribution is 5.71. The maximum atomic E-state index is 11.8. The molecule has 4 heterocycles. The predicted molar refractivity (Wildman–Crippen MR) is 142 cm³/mol. The number of rotatable bonds is 10. The molecule has 0 spiro atoms. The minimum absolute atomic E-state index is 0.107. The summed E-state index contributed by atoms with van der Waals surface area (Å²) < 4.78 is 64.6. The number of hydrogen-bond donors (Lipinski definition) is 2. The molecule has 14 nitrogen and oxygen atoms in total. The van der Waals surface area contributed by atoms with Gasteiger partial charge in [-0.1, -0.05) is 0 Å². The van der Waals surface area contributed by atoms with Crippen molar-refractivity contribution < 1.29 is 67.1 Å². The van der Waals surface area contributed by atoms with E-state index >= 15 is 0 Å². The van der Waals surface area contributed by atoms with Crippen molar-refractivity contribution in [2.45, 2.75) is 145 Å². The molecule has 0 saturated carbocycles. The van der Waals surface area contributed by atoms with Crippen LogP contribution in [0.1, 0.15) is 47.0 Å². The Bertz CT molecular complexity index is 862. The lowest BCUT2D eigenvalue weighted by molar-refractivity contribution is -0.353. The number of ether oxygens (including phenoxy) is 11. The van der Waals surface area contributed by atoms with Gasteiger partial charge >= 0.3 is 5.97 Å². The van der Waals surface area contributed by atoms with Crippen LogP contribution in [0.25, 0.3) is 0 Å². The first-order valence-corrected chi connectivity index (χ1v) is 14.6. The molecule has 0 aromatic rings. The van der Waals surface area contributed by atoms with Crippen molar-refractivity contribution in [1.82, 2.24) is 0 Å². The average Bonchev–Trinajstić information content (AvgIpc) is 2.95. The van der Waals surface area contributed by atoms with Crippen LogP contribution in [0.4, 0.5) is 0 Å². The Labute approximate surface area is 247 Å². The molecule has 0 aromatic heterocycles. The van der Waals surface area contributed by atoms with Gasteiger partial charge in [0.15, 0.2) is 18.9 Å². The molecule has 0 unspecified atom stereocenters. The lowest BCUT2D eigenvalue weighted by Gasteiger charge is -2.47. The molecule has 4 rings (SSSR count). The molecule has 4 aliphatic heterocycles. The van der Waals surface area contributed by atoms with E-state index in [4.69, 9.17) is 52.1 Å². The molecule has 14 heteroatoms. The fourth-order valence-electron chi connectivity index (χ4n) is 6.24. The van der Waals surface area contributed by atoms with Crippen LogP contribution >= 0.6 is 0 Å². The van der Waals surface area contributed by atoms with Gasteiger partial charge in [-0.2, -0.15) is 0 Å². The zero-order chi connectivity index (χ0) is 30.7. The Kier molecular flexibility index (Phi) is 12.0. The van der Waals surface area contributed by atoms with Crippen LogP contribution in [0, 0.1) is 0 Å². The molecule has 42 heavy (non-hydrogen) atoms. The molecule has 4 fully saturated rings. The molecule has 4 saturated heterocycles.